The summed E-state index contributed by atoms with van der Waals surface area (Å²) < 4.78 is 18.8. The highest BCUT2D eigenvalue weighted by Crippen LogP contribution is 2.24. The van der Waals surface area contributed by atoms with Crippen LogP contribution in [-0.2, 0) is 0 Å². The van der Waals surface area contributed by atoms with Gasteiger partial charge in [-0.15, -0.1) is 4.68 Å². The van der Waals surface area contributed by atoms with Gasteiger partial charge in [0.15, 0.2) is 0 Å². The zero-order valence-corrected chi connectivity index (χ0v) is 13.6. The van der Waals surface area contributed by atoms with E-state index in [2.05, 4.69) is 15.1 Å². The summed E-state index contributed by atoms with van der Waals surface area (Å²) in [6, 6.07) is 10.8. The van der Waals surface area contributed by atoms with Gasteiger partial charge in [0.1, 0.15) is 17.1 Å². The lowest BCUT2D eigenvalue weighted by atomic mass is 10.2. The highest BCUT2D eigenvalue weighted by molar-refractivity contribution is 6.04. The Morgan fingerprint density at radius 3 is 2.58 bits per heavy atom. The maximum Gasteiger partial charge on any atom is 0.350 e. The fraction of sp³-hybridized carbons (Fsp3) is 0.0556. The molecule has 4 rings (SSSR count). The molecule has 130 valence electrons. The summed E-state index contributed by atoms with van der Waals surface area (Å²) in [5, 5.41) is 4.63. The summed E-state index contributed by atoms with van der Waals surface area (Å²) in [6.45, 7) is 0. The molecule has 0 fully saturated rings. The molecule has 7 nitrogen and oxygen atoms in total. The molecule has 2 heterocycles. The Morgan fingerprint density at radius 2 is 1.85 bits per heavy atom. The quantitative estimate of drug-likeness (QED) is 0.554. The van der Waals surface area contributed by atoms with Crippen LogP contribution in [0.1, 0.15) is 5.56 Å². The SMILES string of the molecule is COc1ccc2c(c1)[nH]c1c(=O)n(N=Cc3ccc(F)cc3)c(=O)[nH]c12. The molecule has 4 aromatic rings. The lowest BCUT2D eigenvalue weighted by Gasteiger charge is -1.99. The second kappa shape index (κ2) is 5.99. The van der Waals surface area contributed by atoms with E-state index >= 15 is 0 Å². The molecule has 0 saturated carbocycles. The van der Waals surface area contributed by atoms with Gasteiger partial charge in [-0.1, -0.05) is 12.1 Å². The molecule has 0 radical (unpaired) electrons. The van der Waals surface area contributed by atoms with Crippen molar-refractivity contribution >= 4 is 28.2 Å². The number of nitrogens with one attached hydrogen (secondary N) is 2. The highest BCUT2D eigenvalue weighted by atomic mass is 19.1. The van der Waals surface area contributed by atoms with Gasteiger partial charge < -0.3 is 14.7 Å². The van der Waals surface area contributed by atoms with Crippen molar-refractivity contribution in [1.82, 2.24) is 14.6 Å². The monoisotopic (exact) mass is 352 g/mol. The number of aromatic amines is 2. The molecule has 0 saturated heterocycles. The van der Waals surface area contributed by atoms with Crippen LogP contribution in [0.3, 0.4) is 0 Å². The van der Waals surface area contributed by atoms with E-state index in [1.54, 1.807) is 25.3 Å². The summed E-state index contributed by atoms with van der Waals surface area (Å²) in [6.07, 6.45) is 1.31. The van der Waals surface area contributed by atoms with E-state index in [9.17, 15) is 14.0 Å². The van der Waals surface area contributed by atoms with E-state index in [1.165, 1.54) is 30.5 Å². The topological polar surface area (TPSA) is 92.2 Å². The standard InChI is InChI=1S/C18H13FN4O3/c1-26-12-6-7-13-14(8-12)21-16-15(13)22-18(25)23(17(16)24)20-9-10-2-4-11(19)5-3-10/h2-9,21H,1H3,(H,22,25). The smallest absolute Gasteiger partial charge is 0.350 e. The number of aromatic nitrogens is 3. The molecule has 0 atom stereocenters. The lowest BCUT2D eigenvalue weighted by molar-refractivity contribution is 0.415. The number of hydrogen-bond donors (Lipinski definition) is 2. The van der Waals surface area contributed by atoms with Crippen molar-refractivity contribution in [1.29, 1.82) is 0 Å². The van der Waals surface area contributed by atoms with Crippen molar-refractivity contribution in [2.45, 2.75) is 0 Å². The van der Waals surface area contributed by atoms with Gasteiger partial charge in [0.2, 0.25) is 0 Å². The Labute approximate surface area is 145 Å². The minimum absolute atomic E-state index is 0.226. The molecule has 0 amide bonds. The number of H-pyrrole nitrogens is 2. The Hall–Kier alpha value is -3.68. The normalized spacial score (nSPS) is 11.6. The first-order chi connectivity index (χ1) is 12.6. The molecule has 0 aliphatic carbocycles. The molecular formula is C18H13FN4O3. The molecule has 2 aromatic carbocycles. The molecule has 0 unspecified atom stereocenters. The summed E-state index contributed by atoms with van der Waals surface area (Å²) in [4.78, 5) is 30.6. The largest absolute Gasteiger partial charge is 0.497 e. The Bertz CT molecular complexity index is 1270. The van der Waals surface area contributed by atoms with E-state index in [0.29, 0.717) is 27.7 Å². The predicted octanol–water partition coefficient (Wildman–Crippen LogP) is 2.20. The predicted molar refractivity (Wildman–Crippen MR) is 96.6 cm³/mol. The summed E-state index contributed by atoms with van der Waals surface area (Å²) in [7, 11) is 1.54. The van der Waals surface area contributed by atoms with Crippen molar-refractivity contribution in [2.24, 2.45) is 5.10 Å². The number of ether oxygens (including phenoxy) is 1. The van der Waals surface area contributed by atoms with Crippen LogP contribution in [-0.4, -0.2) is 28.0 Å². The molecule has 2 aromatic heterocycles. The zero-order chi connectivity index (χ0) is 18.3. The average molecular weight is 352 g/mol. The van der Waals surface area contributed by atoms with Crippen molar-refractivity contribution in [3.63, 3.8) is 0 Å². The molecule has 0 aliphatic rings. The second-order valence-electron chi connectivity index (χ2n) is 5.63. The van der Waals surface area contributed by atoms with Gasteiger partial charge in [-0.25, -0.2) is 9.18 Å². The maximum absolute atomic E-state index is 12.9. The van der Waals surface area contributed by atoms with Crippen molar-refractivity contribution in [3.05, 3.63) is 74.7 Å². The van der Waals surface area contributed by atoms with Gasteiger partial charge in [0.05, 0.1) is 24.4 Å². The van der Waals surface area contributed by atoms with Crippen LogP contribution in [0, 0.1) is 5.82 Å². The number of halogens is 1. The molecule has 2 N–H and O–H groups in total. The first-order valence-corrected chi connectivity index (χ1v) is 7.71. The molecule has 0 spiro atoms. The van der Waals surface area contributed by atoms with Crippen LogP contribution in [0.15, 0.2) is 57.2 Å². The van der Waals surface area contributed by atoms with E-state index in [4.69, 9.17) is 4.74 Å². The van der Waals surface area contributed by atoms with E-state index in [1.807, 2.05) is 0 Å². The number of fused-ring (bicyclic) bond motifs is 3. The van der Waals surface area contributed by atoms with E-state index in [0.717, 1.165) is 4.68 Å². The van der Waals surface area contributed by atoms with Crippen LogP contribution < -0.4 is 16.0 Å². The van der Waals surface area contributed by atoms with E-state index < -0.39 is 11.2 Å². The van der Waals surface area contributed by atoms with E-state index in [-0.39, 0.29) is 11.3 Å². The third-order valence-corrected chi connectivity index (χ3v) is 4.03. The fourth-order valence-electron chi connectivity index (χ4n) is 2.73. The van der Waals surface area contributed by atoms with Gasteiger partial charge in [-0.05, 0) is 29.8 Å². The third-order valence-electron chi connectivity index (χ3n) is 4.03. The molecule has 8 heteroatoms. The third kappa shape index (κ3) is 2.57. The molecule has 26 heavy (non-hydrogen) atoms. The van der Waals surface area contributed by atoms with Gasteiger partial charge in [0, 0.05) is 11.5 Å². The highest BCUT2D eigenvalue weighted by Gasteiger charge is 2.13. The lowest BCUT2D eigenvalue weighted by Crippen LogP contribution is -2.32. The first-order valence-electron chi connectivity index (χ1n) is 7.71. The minimum Gasteiger partial charge on any atom is -0.497 e. The maximum atomic E-state index is 12.9. The Morgan fingerprint density at radius 1 is 1.08 bits per heavy atom. The molecule has 0 bridgehead atoms. The number of benzene rings is 2. The first kappa shape index (κ1) is 15.8. The molecular weight excluding hydrogens is 339 g/mol. The van der Waals surface area contributed by atoms with Crippen molar-refractivity contribution < 1.29 is 9.13 Å². The van der Waals surface area contributed by atoms with Crippen LogP contribution >= 0.6 is 0 Å². The Kier molecular flexibility index (Phi) is 3.65. The van der Waals surface area contributed by atoms with Crippen LogP contribution in [0.4, 0.5) is 4.39 Å². The molecule has 0 aliphatic heterocycles. The van der Waals surface area contributed by atoms with Crippen molar-refractivity contribution in [3.8, 4) is 5.75 Å². The van der Waals surface area contributed by atoms with Gasteiger partial charge in [0.25, 0.3) is 0 Å². The zero-order valence-electron chi connectivity index (χ0n) is 13.6. The fourth-order valence-corrected chi connectivity index (χ4v) is 2.73. The average Bonchev–Trinajstić information content (AvgIpc) is 3.01. The van der Waals surface area contributed by atoms with Crippen LogP contribution in [0.5, 0.6) is 5.75 Å². The van der Waals surface area contributed by atoms with Gasteiger partial charge in [-0.3, -0.25) is 4.79 Å². The summed E-state index contributed by atoms with van der Waals surface area (Å²) in [5.41, 5.74) is 0.594. The number of nitrogens with zero attached hydrogens (tertiary/aromatic N) is 2. The van der Waals surface area contributed by atoms with Crippen molar-refractivity contribution in [2.75, 3.05) is 7.11 Å². The van der Waals surface area contributed by atoms with Crippen LogP contribution in [0.25, 0.3) is 21.9 Å². The summed E-state index contributed by atoms with van der Waals surface area (Å²) >= 11 is 0. The summed E-state index contributed by atoms with van der Waals surface area (Å²) in [5.74, 6) is 0.244. The van der Waals surface area contributed by atoms with Gasteiger partial charge >= 0.3 is 11.2 Å². The number of methoxy groups -OCH3 is 1. The number of rotatable bonds is 3. The van der Waals surface area contributed by atoms with Gasteiger partial charge in [-0.2, -0.15) is 5.10 Å². The Balaban J connectivity index is 1.88. The number of hydrogen-bond acceptors (Lipinski definition) is 4. The minimum atomic E-state index is -0.669. The van der Waals surface area contributed by atoms with Crippen LogP contribution in [0.2, 0.25) is 0 Å². The second-order valence-corrected chi connectivity index (χ2v) is 5.63.